The molecule has 0 spiro atoms. The predicted molar refractivity (Wildman–Crippen MR) is 113 cm³/mol. The number of fused-ring (bicyclic) bond motifs is 1. The van der Waals surface area contributed by atoms with Gasteiger partial charge in [-0.15, -0.1) is 5.10 Å². The molecule has 0 saturated carbocycles. The van der Waals surface area contributed by atoms with Crippen LogP contribution in [0.3, 0.4) is 0 Å². The van der Waals surface area contributed by atoms with Gasteiger partial charge in [-0.05, 0) is 42.8 Å². The highest BCUT2D eigenvalue weighted by Gasteiger charge is 2.12. The molecule has 0 unspecified atom stereocenters. The zero-order valence-electron chi connectivity index (χ0n) is 15.2. The van der Waals surface area contributed by atoms with Crippen LogP contribution in [-0.2, 0) is 0 Å². The maximum atomic E-state index is 12.7. The van der Waals surface area contributed by atoms with Crippen molar-refractivity contribution in [2.45, 2.75) is 6.92 Å². The van der Waals surface area contributed by atoms with Crippen LogP contribution in [0.4, 0.5) is 0 Å². The Morgan fingerprint density at radius 2 is 1.96 bits per heavy atom. The summed E-state index contributed by atoms with van der Waals surface area (Å²) in [5, 5.41) is 4.37. The molecule has 0 N–H and O–H groups in total. The Morgan fingerprint density at radius 1 is 1.18 bits per heavy atom. The molecular formula is C20H16BrN3O3S. The van der Waals surface area contributed by atoms with Crippen molar-refractivity contribution in [2.75, 3.05) is 13.7 Å². The molecule has 2 heterocycles. The third-order valence-electron chi connectivity index (χ3n) is 4.07. The van der Waals surface area contributed by atoms with Crippen molar-refractivity contribution in [1.29, 1.82) is 0 Å². The second-order valence-electron chi connectivity index (χ2n) is 5.90. The molecule has 142 valence electrons. The lowest BCUT2D eigenvalue weighted by atomic mass is 10.2. The second kappa shape index (κ2) is 7.73. The number of aromatic nitrogens is 3. The molecule has 0 radical (unpaired) electrons. The van der Waals surface area contributed by atoms with Crippen LogP contribution < -0.4 is 19.6 Å². The lowest BCUT2D eigenvalue weighted by Gasteiger charge is -2.09. The summed E-state index contributed by atoms with van der Waals surface area (Å²) < 4.78 is 13.8. The largest absolute Gasteiger partial charge is 0.493 e. The third-order valence-corrected chi connectivity index (χ3v) is 5.56. The van der Waals surface area contributed by atoms with Gasteiger partial charge < -0.3 is 9.47 Å². The van der Waals surface area contributed by atoms with Crippen molar-refractivity contribution >= 4 is 38.3 Å². The van der Waals surface area contributed by atoms with E-state index in [-0.39, 0.29) is 5.56 Å². The highest BCUT2D eigenvalue weighted by molar-refractivity contribution is 9.10. The van der Waals surface area contributed by atoms with E-state index in [0.717, 1.165) is 15.6 Å². The molecule has 0 aliphatic carbocycles. The summed E-state index contributed by atoms with van der Waals surface area (Å²) >= 11 is 4.71. The molecular weight excluding hydrogens is 442 g/mol. The van der Waals surface area contributed by atoms with Crippen molar-refractivity contribution in [3.8, 4) is 22.9 Å². The number of methoxy groups -OCH3 is 1. The smallest absolute Gasteiger partial charge is 0.291 e. The monoisotopic (exact) mass is 457 g/mol. The normalized spacial score (nSPS) is 11.9. The predicted octanol–water partition coefficient (Wildman–Crippen LogP) is 3.54. The lowest BCUT2D eigenvalue weighted by molar-refractivity contribution is 0.311. The lowest BCUT2D eigenvalue weighted by Crippen LogP contribution is -2.23. The van der Waals surface area contributed by atoms with Gasteiger partial charge in [0.15, 0.2) is 17.3 Å². The van der Waals surface area contributed by atoms with E-state index in [9.17, 15) is 4.79 Å². The molecule has 0 aliphatic rings. The van der Waals surface area contributed by atoms with Crippen molar-refractivity contribution in [2.24, 2.45) is 0 Å². The number of benzene rings is 2. The minimum absolute atomic E-state index is 0.191. The van der Waals surface area contributed by atoms with E-state index >= 15 is 0 Å². The average molecular weight is 458 g/mol. The van der Waals surface area contributed by atoms with Gasteiger partial charge in [0, 0.05) is 10.0 Å². The summed E-state index contributed by atoms with van der Waals surface area (Å²) in [6.45, 7) is 2.47. The Morgan fingerprint density at radius 3 is 2.64 bits per heavy atom. The molecule has 4 rings (SSSR count). The summed E-state index contributed by atoms with van der Waals surface area (Å²) in [5.41, 5.74) is 1.51. The first-order valence-corrected chi connectivity index (χ1v) is 10.2. The second-order valence-corrected chi connectivity index (χ2v) is 7.82. The number of ether oxygens (including phenoxy) is 2. The summed E-state index contributed by atoms with van der Waals surface area (Å²) in [6.07, 6.45) is 1.81. The average Bonchev–Trinajstić information content (AvgIpc) is 3.23. The summed E-state index contributed by atoms with van der Waals surface area (Å²) in [6, 6.07) is 13.2. The van der Waals surface area contributed by atoms with E-state index in [1.807, 2.05) is 49.4 Å². The quantitative estimate of drug-likeness (QED) is 0.458. The summed E-state index contributed by atoms with van der Waals surface area (Å²) in [7, 11) is 1.59. The van der Waals surface area contributed by atoms with Gasteiger partial charge in [0.2, 0.25) is 4.96 Å². The van der Waals surface area contributed by atoms with E-state index in [1.54, 1.807) is 13.2 Å². The molecule has 0 atom stereocenters. The maximum absolute atomic E-state index is 12.7. The van der Waals surface area contributed by atoms with Crippen LogP contribution in [0.1, 0.15) is 12.5 Å². The fourth-order valence-corrected chi connectivity index (χ4v) is 3.93. The van der Waals surface area contributed by atoms with Gasteiger partial charge >= 0.3 is 0 Å². The van der Waals surface area contributed by atoms with Crippen LogP contribution in [0.5, 0.6) is 11.5 Å². The van der Waals surface area contributed by atoms with E-state index in [4.69, 9.17) is 9.47 Å². The molecule has 0 bridgehead atoms. The van der Waals surface area contributed by atoms with Gasteiger partial charge in [-0.2, -0.15) is 9.50 Å². The maximum Gasteiger partial charge on any atom is 0.291 e. The number of nitrogens with zero attached hydrogens (tertiary/aromatic N) is 3. The first kappa shape index (κ1) is 18.6. The van der Waals surface area contributed by atoms with Crippen molar-refractivity contribution < 1.29 is 9.47 Å². The molecule has 28 heavy (non-hydrogen) atoms. The first-order valence-electron chi connectivity index (χ1n) is 8.57. The van der Waals surface area contributed by atoms with Crippen molar-refractivity contribution in [3.05, 3.63) is 67.4 Å². The minimum Gasteiger partial charge on any atom is -0.493 e. The topological polar surface area (TPSA) is 65.7 Å². The van der Waals surface area contributed by atoms with Gasteiger partial charge in [0.05, 0.1) is 18.2 Å². The van der Waals surface area contributed by atoms with Crippen LogP contribution in [-0.4, -0.2) is 28.3 Å². The van der Waals surface area contributed by atoms with Crippen molar-refractivity contribution in [3.63, 3.8) is 0 Å². The Kier molecular flexibility index (Phi) is 5.15. The SMILES string of the molecule is CCOc1ccc(C=c2sc3nc(-c4ccc(Br)cc4)nn3c2=O)cc1OC. The van der Waals surface area contributed by atoms with Crippen LogP contribution in [0.25, 0.3) is 22.4 Å². The molecule has 0 amide bonds. The van der Waals surface area contributed by atoms with Gasteiger partial charge in [0.25, 0.3) is 5.56 Å². The number of hydrogen-bond donors (Lipinski definition) is 0. The molecule has 2 aromatic heterocycles. The fraction of sp³-hybridized carbons (Fsp3) is 0.150. The van der Waals surface area contributed by atoms with Crippen LogP contribution in [0.15, 0.2) is 51.7 Å². The Balaban J connectivity index is 1.74. The van der Waals surface area contributed by atoms with Gasteiger partial charge in [-0.1, -0.05) is 45.5 Å². The Labute approximate surface area is 173 Å². The van der Waals surface area contributed by atoms with Gasteiger partial charge in [-0.3, -0.25) is 4.79 Å². The highest BCUT2D eigenvalue weighted by Crippen LogP contribution is 2.28. The standard InChI is InChI=1S/C20H16BrN3O3S/c1-3-27-15-9-4-12(10-16(15)26-2)11-17-19(25)24-20(28-17)22-18(23-24)13-5-7-14(21)8-6-13/h4-11H,3H2,1-2H3. The number of hydrogen-bond acceptors (Lipinski definition) is 6. The van der Waals surface area contributed by atoms with Gasteiger partial charge in [-0.25, -0.2) is 0 Å². The Bertz CT molecular complexity index is 1250. The molecule has 0 aliphatic heterocycles. The van der Waals surface area contributed by atoms with Crippen LogP contribution >= 0.6 is 27.3 Å². The van der Waals surface area contributed by atoms with Gasteiger partial charge in [0.1, 0.15) is 0 Å². The molecule has 4 aromatic rings. The fourth-order valence-electron chi connectivity index (χ4n) is 2.76. The van der Waals surface area contributed by atoms with E-state index in [1.165, 1.54) is 15.9 Å². The molecule has 0 saturated heterocycles. The zero-order chi connectivity index (χ0) is 19.7. The summed E-state index contributed by atoms with van der Waals surface area (Å²) in [4.78, 5) is 17.8. The molecule has 6 nitrogen and oxygen atoms in total. The van der Waals surface area contributed by atoms with Crippen LogP contribution in [0.2, 0.25) is 0 Å². The number of halogens is 1. The zero-order valence-corrected chi connectivity index (χ0v) is 17.6. The first-order chi connectivity index (χ1) is 13.6. The highest BCUT2D eigenvalue weighted by atomic mass is 79.9. The number of thiazole rings is 1. The molecule has 8 heteroatoms. The Hall–Kier alpha value is -2.71. The van der Waals surface area contributed by atoms with Crippen LogP contribution in [0, 0.1) is 0 Å². The van der Waals surface area contributed by atoms with E-state index in [2.05, 4.69) is 26.0 Å². The molecule has 0 fully saturated rings. The molecule has 2 aromatic carbocycles. The van der Waals surface area contributed by atoms with E-state index < -0.39 is 0 Å². The van der Waals surface area contributed by atoms with E-state index in [0.29, 0.717) is 33.4 Å². The third kappa shape index (κ3) is 3.53. The number of rotatable bonds is 5. The van der Waals surface area contributed by atoms with Crippen molar-refractivity contribution in [1.82, 2.24) is 14.6 Å². The summed E-state index contributed by atoms with van der Waals surface area (Å²) in [5.74, 6) is 1.83. The minimum atomic E-state index is -0.191.